The average molecular weight is 403 g/mol. The predicted octanol–water partition coefficient (Wildman–Crippen LogP) is 0.136. The van der Waals surface area contributed by atoms with Gasteiger partial charge < -0.3 is 4.98 Å². The summed E-state index contributed by atoms with van der Waals surface area (Å²) in [5.41, 5.74) is 0.196. The standard InChI is InChI=1S/C8H10AsNO5.C4H4N2OS/c1-6(11)10-8-4-2-3-7(5-8)9(12,13)15-14;7-3-1-2-5-4(8)6-3/h2-5,14H,1H3,(H,10,11)(H,12,13);1-2H,(H2,5,6,7,8). The van der Waals surface area contributed by atoms with Crippen molar-refractivity contribution in [3.63, 3.8) is 0 Å². The van der Waals surface area contributed by atoms with Gasteiger partial charge in [0.25, 0.3) is 5.56 Å². The van der Waals surface area contributed by atoms with Gasteiger partial charge in [0.05, 0.1) is 0 Å². The number of hydrogen-bond acceptors (Lipinski definition) is 6. The molecule has 2 aromatic rings. The van der Waals surface area contributed by atoms with Crippen molar-refractivity contribution in [3.8, 4) is 0 Å². The number of rotatable bonds is 3. The van der Waals surface area contributed by atoms with Crippen LogP contribution < -0.4 is 15.2 Å². The van der Waals surface area contributed by atoms with E-state index in [1.807, 2.05) is 0 Å². The van der Waals surface area contributed by atoms with Gasteiger partial charge in [0.2, 0.25) is 0 Å². The number of aromatic nitrogens is 2. The molecule has 11 heteroatoms. The Kier molecular flexibility index (Phi) is 7.14. The van der Waals surface area contributed by atoms with Gasteiger partial charge in [-0.05, 0) is 12.2 Å². The molecule has 0 aliphatic rings. The van der Waals surface area contributed by atoms with Gasteiger partial charge in [0.1, 0.15) is 0 Å². The molecule has 1 heterocycles. The molecule has 1 aromatic heterocycles. The van der Waals surface area contributed by atoms with Crippen molar-refractivity contribution in [2.75, 3.05) is 5.32 Å². The molecule has 0 saturated heterocycles. The molecule has 0 saturated carbocycles. The quantitative estimate of drug-likeness (QED) is 0.212. The second kappa shape index (κ2) is 8.61. The van der Waals surface area contributed by atoms with Crippen LogP contribution in [0.4, 0.5) is 5.69 Å². The van der Waals surface area contributed by atoms with E-state index in [-0.39, 0.29) is 15.8 Å². The summed E-state index contributed by atoms with van der Waals surface area (Å²) in [6.45, 7) is 1.32. The van der Waals surface area contributed by atoms with Crippen LogP contribution in [0.25, 0.3) is 0 Å². The minimum Gasteiger partial charge on any atom is -0.339 e. The maximum absolute atomic E-state index is 11.3. The number of anilines is 1. The van der Waals surface area contributed by atoms with E-state index in [2.05, 4.69) is 31.4 Å². The normalized spacial score (nSPS) is 12.5. The largest absolute Gasteiger partial charge is 0.339 e. The minimum absolute atomic E-state index is 0.0399. The molecule has 2 rings (SSSR count). The van der Waals surface area contributed by atoms with Gasteiger partial charge in [-0.1, -0.05) is 0 Å². The monoisotopic (exact) mass is 403 g/mol. The molecular formula is C12H14AsN3O6S. The van der Waals surface area contributed by atoms with Crippen LogP contribution in [0, 0.1) is 4.77 Å². The summed E-state index contributed by atoms with van der Waals surface area (Å²) in [6.07, 6.45) is 1.50. The zero-order valence-corrected chi connectivity index (χ0v) is 14.5. The average Bonchev–Trinajstić information content (AvgIpc) is 2.47. The van der Waals surface area contributed by atoms with Crippen LogP contribution in [-0.4, -0.2) is 39.4 Å². The minimum atomic E-state index is -4.83. The van der Waals surface area contributed by atoms with Crippen LogP contribution in [0.5, 0.6) is 0 Å². The second-order valence-electron chi connectivity index (χ2n) is 4.13. The van der Waals surface area contributed by atoms with Crippen molar-refractivity contribution in [2.24, 2.45) is 0 Å². The fraction of sp³-hybridized carbons (Fsp3) is 0.0833. The molecular weight excluding hydrogens is 389 g/mol. The van der Waals surface area contributed by atoms with E-state index in [9.17, 15) is 17.4 Å². The van der Waals surface area contributed by atoms with Gasteiger partial charge in [-0.3, -0.25) is 9.78 Å². The third-order valence-electron chi connectivity index (χ3n) is 2.29. The van der Waals surface area contributed by atoms with Crippen molar-refractivity contribution < 1.29 is 21.8 Å². The van der Waals surface area contributed by atoms with Crippen LogP contribution in [0.3, 0.4) is 0 Å². The van der Waals surface area contributed by atoms with E-state index in [1.54, 1.807) is 6.07 Å². The Morgan fingerprint density at radius 3 is 2.57 bits per heavy atom. The summed E-state index contributed by atoms with van der Waals surface area (Å²) in [4.78, 5) is 26.1. The molecule has 0 aliphatic carbocycles. The summed E-state index contributed by atoms with van der Waals surface area (Å²) >= 11 is -0.237. The van der Waals surface area contributed by atoms with E-state index in [4.69, 9.17) is 5.26 Å². The molecule has 5 N–H and O–H groups in total. The summed E-state index contributed by atoms with van der Waals surface area (Å²) in [6, 6.07) is 7.01. The Balaban J connectivity index is 0.000000277. The topological polar surface area (TPSA) is 145 Å². The van der Waals surface area contributed by atoms with Crippen LogP contribution in [0.15, 0.2) is 41.3 Å². The van der Waals surface area contributed by atoms with E-state index in [1.165, 1.54) is 37.4 Å². The number of carbonyl (C=O) groups excluding carboxylic acids is 1. The Labute approximate surface area is 138 Å². The number of aromatic amines is 2. The first-order valence-corrected chi connectivity index (χ1v) is 9.78. The molecule has 23 heavy (non-hydrogen) atoms. The maximum Gasteiger partial charge on any atom is 0.251 e. The number of hydrogen-bond donors (Lipinski definition) is 5. The van der Waals surface area contributed by atoms with Crippen LogP contribution in [0.1, 0.15) is 6.92 Å². The summed E-state index contributed by atoms with van der Waals surface area (Å²) < 4.78 is 24.3. The van der Waals surface area contributed by atoms with Crippen LogP contribution in [0.2, 0.25) is 0 Å². The summed E-state index contributed by atoms with van der Waals surface area (Å²) in [5, 5.41) is 10.7. The predicted molar refractivity (Wildman–Crippen MR) is 85.0 cm³/mol. The summed E-state index contributed by atoms with van der Waals surface area (Å²) in [5.74, 6) is -0.294. The van der Waals surface area contributed by atoms with Gasteiger partial charge in [0, 0.05) is 12.3 Å². The van der Waals surface area contributed by atoms with Gasteiger partial charge in [0.15, 0.2) is 4.77 Å². The number of nitrogens with one attached hydrogen (secondary N) is 3. The molecule has 0 aliphatic heterocycles. The Morgan fingerprint density at radius 2 is 2.09 bits per heavy atom. The zero-order valence-electron chi connectivity index (χ0n) is 11.8. The van der Waals surface area contributed by atoms with E-state index in [0.29, 0.717) is 10.5 Å². The molecule has 0 fully saturated rings. The molecule has 1 atom stereocenters. The fourth-order valence-corrected chi connectivity index (χ4v) is 2.97. The van der Waals surface area contributed by atoms with Crippen LogP contribution >= 0.6 is 12.2 Å². The van der Waals surface area contributed by atoms with E-state index < -0.39 is 14.2 Å². The molecule has 1 aromatic carbocycles. The third kappa shape index (κ3) is 6.76. The maximum atomic E-state index is 11.3. The van der Waals surface area contributed by atoms with Gasteiger partial charge in [-0.25, -0.2) is 0 Å². The molecule has 9 nitrogen and oxygen atoms in total. The Morgan fingerprint density at radius 1 is 1.39 bits per heavy atom. The van der Waals surface area contributed by atoms with Gasteiger partial charge in [-0.2, -0.15) is 0 Å². The number of amides is 1. The van der Waals surface area contributed by atoms with Crippen molar-refractivity contribution in [1.29, 1.82) is 0 Å². The fourth-order valence-electron chi connectivity index (χ4n) is 1.39. The molecule has 0 spiro atoms. The second-order valence-corrected chi connectivity index (χ2v) is 8.15. The van der Waals surface area contributed by atoms with Crippen LogP contribution in [-0.2, 0) is 12.4 Å². The SMILES string of the molecule is CC(=O)Nc1cccc([As](=O)(O)OO)c1.O=c1cc[nH]c(=S)[nH]1. The first kappa shape index (κ1) is 19.1. The van der Waals surface area contributed by atoms with Gasteiger partial charge in [-0.15, -0.1) is 0 Å². The first-order valence-electron chi connectivity index (χ1n) is 6.07. The molecule has 0 bridgehead atoms. The first-order chi connectivity index (χ1) is 10.7. The zero-order chi connectivity index (χ0) is 17.5. The number of H-pyrrole nitrogens is 2. The van der Waals surface area contributed by atoms with Crippen molar-refractivity contribution in [1.82, 2.24) is 9.97 Å². The van der Waals surface area contributed by atoms with Crippen molar-refractivity contribution >= 4 is 42.3 Å². The Hall–Kier alpha value is -1.97. The molecule has 1 amide bonds. The van der Waals surface area contributed by atoms with Crippen molar-refractivity contribution in [3.05, 3.63) is 51.7 Å². The smallest absolute Gasteiger partial charge is 0.251 e. The molecule has 124 valence electrons. The third-order valence-corrected chi connectivity index (χ3v) is 4.93. The van der Waals surface area contributed by atoms with E-state index in [0.717, 1.165) is 0 Å². The molecule has 0 radical (unpaired) electrons. The van der Waals surface area contributed by atoms with Crippen molar-refractivity contribution in [2.45, 2.75) is 6.92 Å². The van der Waals surface area contributed by atoms with E-state index >= 15 is 0 Å². The molecule has 1 unspecified atom stereocenters. The summed E-state index contributed by atoms with van der Waals surface area (Å²) in [7, 11) is 0. The van der Waals surface area contributed by atoms with Gasteiger partial charge >= 0.3 is 88.4 Å². The Bertz CT molecular complexity index is 808. The number of carbonyl (C=O) groups is 1. The number of benzene rings is 1.